The number of oxazole rings is 1. The number of sulfonamides is 1. The third-order valence-corrected chi connectivity index (χ3v) is 4.89. The molecule has 0 bridgehead atoms. The number of carbonyl (C=O) groups excluding carboxylic acids is 1. The van der Waals surface area contributed by atoms with Crippen molar-refractivity contribution in [3.05, 3.63) is 58.6 Å². The fourth-order valence-electron chi connectivity index (χ4n) is 2.24. The Morgan fingerprint density at radius 2 is 1.92 bits per heavy atom. The van der Waals surface area contributed by atoms with Crippen LogP contribution in [-0.4, -0.2) is 25.9 Å². The summed E-state index contributed by atoms with van der Waals surface area (Å²) in [6.07, 6.45) is 5.03. The minimum absolute atomic E-state index is 0.00157. The van der Waals surface area contributed by atoms with E-state index in [1.54, 1.807) is 18.2 Å². The first-order chi connectivity index (χ1) is 12.4. The van der Waals surface area contributed by atoms with E-state index in [0.29, 0.717) is 16.8 Å². The van der Waals surface area contributed by atoms with Crippen molar-refractivity contribution in [2.75, 3.05) is 11.9 Å². The molecule has 0 aliphatic rings. The number of hydrogen-bond acceptors (Lipinski definition) is 5. The molecular formula is C17H13N3O5S. The lowest BCUT2D eigenvalue weighted by Gasteiger charge is -2.07. The van der Waals surface area contributed by atoms with Gasteiger partial charge in [-0.1, -0.05) is 5.92 Å². The molecule has 0 spiro atoms. The Labute approximate surface area is 148 Å². The van der Waals surface area contributed by atoms with Gasteiger partial charge in [-0.25, -0.2) is 13.2 Å². The van der Waals surface area contributed by atoms with Gasteiger partial charge in [0.05, 0.1) is 17.0 Å². The summed E-state index contributed by atoms with van der Waals surface area (Å²) in [6.45, 7) is -0.122. The highest BCUT2D eigenvalue weighted by Gasteiger charge is 2.14. The molecule has 26 heavy (non-hydrogen) atoms. The van der Waals surface area contributed by atoms with Crippen molar-refractivity contribution in [3.8, 4) is 12.3 Å². The van der Waals surface area contributed by atoms with Crippen molar-refractivity contribution in [2.45, 2.75) is 4.90 Å². The number of aromatic nitrogens is 1. The van der Waals surface area contributed by atoms with E-state index < -0.39 is 21.7 Å². The van der Waals surface area contributed by atoms with Gasteiger partial charge in [0.2, 0.25) is 10.0 Å². The van der Waals surface area contributed by atoms with Gasteiger partial charge in [0.25, 0.3) is 5.91 Å². The van der Waals surface area contributed by atoms with Crippen molar-refractivity contribution in [2.24, 2.45) is 0 Å². The van der Waals surface area contributed by atoms with Gasteiger partial charge >= 0.3 is 5.76 Å². The summed E-state index contributed by atoms with van der Waals surface area (Å²) in [5.74, 6) is 1.16. The molecule has 8 nitrogen and oxygen atoms in total. The molecule has 1 amide bonds. The second kappa shape index (κ2) is 6.87. The second-order valence-electron chi connectivity index (χ2n) is 5.23. The van der Waals surface area contributed by atoms with Crippen LogP contribution in [0.1, 0.15) is 10.4 Å². The first-order valence-electron chi connectivity index (χ1n) is 7.36. The van der Waals surface area contributed by atoms with Gasteiger partial charge in [-0.15, -0.1) is 6.42 Å². The molecule has 3 N–H and O–H groups in total. The Bertz CT molecular complexity index is 1170. The fraction of sp³-hybridized carbons (Fsp3) is 0.0588. The maximum atomic E-state index is 12.3. The van der Waals surface area contributed by atoms with Crippen LogP contribution in [0.4, 0.5) is 5.69 Å². The Morgan fingerprint density at radius 3 is 2.62 bits per heavy atom. The maximum Gasteiger partial charge on any atom is 0.417 e. The lowest BCUT2D eigenvalue weighted by Crippen LogP contribution is -2.24. The van der Waals surface area contributed by atoms with Gasteiger partial charge in [-0.3, -0.25) is 9.78 Å². The smallest absolute Gasteiger partial charge is 0.408 e. The summed E-state index contributed by atoms with van der Waals surface area (Å²) >= 11 is 0. The third kappa shape index (κ3) is 3.66. The number of benzene rings is 2. The van der Waals surface area contributed by atoms with Crippen LogP contribution in [0.5, 0.6) is 0 Å². The molecule has 3 aromatic rings. The van der Waals surface area contributed by atoms with Gasteiger partial charge in [0.15, 0.2) is 5.58 Å². The van der Waals surface area contributed by atoms with E-state index in [9.17, 15) is 18.0 Å². The lowest BCUT2D eigenvalue weighted by molar-refractivity contribution is 0.102. The standard InChI is InChI=1S/C17H13N3O5S/c1-2-9-18-26(23,24)13-6-3-11(4-7-13)16(21)19-12-5-8-15-14(10-12)20-17(22)25-15/h1,3-8,10,18H,9H2,(H,19,21)(H,20,22). The third-order valence-electron chi connectivity index (χ3n) is 3.47. The number of fused-ring (bicyclic) bond motifs is 1. The van der Waals surface area contributed by atoms with Crippen LogP contribution < -0.4 is 15.8 Å². The average Bonchev–Trinajstić information content (AvgIpc) is 2.99. The van der Waals surface area contributed by atoms with E-state index in [1.807, 2.05) is 0 Å². The van der Waals surface area contributed by atoms with E-state index in [0.717, 1.165) is 0 Å². The minimum atomic E-state index is -3.71. The summed E-state index contributed by atoms with van der Waals surface area (Å²) in [7, 11) is -3.71. The molecule has 0 saturated carbocycles. The monoisotopic (exact) mass is 371 g/mol. The summed E-state index contributed by atoms with van der Waals surface area (Å²) < 4.78 is 31.0. The van der Waals surface area contributed by atoms with Crippen LogP contribution >= 0.6 is 0 Å². The summed E-state index contributed by atoms with van der Waals surface area (Å²) in [5.41, 5.74) is 1.55. The Morgan fingerprint density at radius 1 is 1.19 bits per heavy atom. The maximum absolute atomic E-state index is 12.3. The molecular weight excluding hydrogens is 358 g/mol. The number of aromatic amines is 1. The molecule has 3 rings (SSSR count). The SMILES string of the molecule is C#CCNS(=O)(=O)c1ccc(C(=O)Nc2ccc3oc(=O)[nH]c3c2)cc1. The molecule has 1 aromatic heterocycles. The molecule has 0 unspecified atom stereocenters. The first kappa shape index (κ1) is 17.5. The zero-order valence-corrected chi connectivity index (χ0v) is 14.1. The first-order valence-corrected chi connectivity index (χ1v) is 8.85. The van der Waals surface area contributed by atoms with E-state index in [-0.39, 0.29) is 17.0 Å². The van der Waals surface area contributed by atoms with Crippen molar-refractivity contribution in [1.29, 1.82) is 0 Å². The second-order valence-corrected chi connectivity index (χ2v) is 7.00. The van der Waals surface area contributed by atoms with Gasteiger partial charge in [0, 0.05) is 11.3 Å². The van der Waals surface area contributed by atoms with Crippen LogP contribution in [0.3, 0.4) is 0 Å². The van der Waals surface area contributed by atoms with E-state index in [1.165, 1.54) is 24.3 Å². The van der Waals surface area contributed by atoms with E-state index in [4.69, 9.17) is 10.8 Å². The predicted octanol–water partition coefficient (Wildman–Crippen LogP) is 1.28. The Hall–Kier alpha value is -3.35. The van der Waals surface area contributed by atoms with Crippen LogP contribution in [-0.2, 0) is 10.0 Å². The van der Waals surface area contributed by atoms with Crippen molar-refractivity contribution < 1.29 is 17.6 Å². The zero-order valence-electron chi connectivity index (χ0n) is 13.3. The van der Waals surface area contributed by atoms with Gasteiger partial charge in [-0.2, -0.15) is 4.72 Å². The van der Waals surface area contributed by atoms with Crippen LogP contribution in [0.2, 0.25) is 0 Å². The molecule has 1 heterocycles. The summed E-state index contributed by atoms with van der Waals surface area (Å²) in [5, 5.41) is 2.66. The van der Waals surface area contributed by atoms with E-state index >= 15 is 0 Å². The Balaban J connectivity index is 1.77. The zero-order chi connectivity index (χ0) is 18.7. The van der Waals surface area contributed by atoms with Gasteiger partial charge < -0.3 is 9.73 Å². The number of anilines is 1. The summed E-state index contributed by atoms with van der Waals surface area (Å²) in [4.78, 5) is 25.9. The summed E-state index contributed by atoms with van der Waals surface area (Å²) in [6, 6.07) is 10.1. The van der Waals surface area contributed by atoms with Crippen LogP contribution in [0.15, 0.2) is 56.6 Å². The van der Waals surface area contributed by atoms with Crippen molar-refractivity contribution >= 4 is 32.7 Å². The molecule has 9 heteroatoms. The van der Waals surface area contributed by atoms with E-state index in [2.05, 4.69) is 20.9 Å². The largest absolute Gasteiger partial charge is 0.417 e. The quantitative estimate of drug-likeness (QED) is 0.584. The predicted molar refractivity (Wildman–Crippen MR) is 95.3 cm³/mol. The Kier molecular flexibility index (Phi) is 4.62. The highest BCUT2D eigenvalue weighted by Crippen LogP contribution is 2.17. The lowest BCUT2D eigenvalue weighted by atomic mass is 10.2. The average molecular weight is 371 g/mol. The number of amides is 1. The molecule has 0 aliphatic carbocycles. The molecule has 0 saturated heterocycles. The van der Waals surface area contributed by atoms with Crippen molar-refractivity contribution in [1.82, 2.24) is 9.71 Å². The molecule has 0 aliphatic heterocycles. The number of rotatable bonds is 5. The molecule has 0 radical (unpaired) electrons. The van der Waals surface area contributed by atoms with Crippen molar-refractivity contribution in [3.63, 3.8) is 0 Å². The number of H-pyrrole nitrogens is 1. The van der Waals surface area contributed by atoms with Gasteiger partial charge in [0.1, 0.15) is 0 Å². The van der Waals surface area contributed by atoms with Crippen LogP contribution in [0.25, 0.3) is 11.1 Å². The highest BCUT2D eigenvalue weighted by atomic mass is 32.2. The topological polar surface area (TPSA) is 121 Å². The van der Waals surface area contributed by atoms with Gasteiger partial charge in [-0.05, 0) is 42.5 Å². The minimum Gasteiger partial charge on any atom is -0.408 e. The number of terminal acetylenes is 1. The van der Waals surface area contributed by atoms with Crippen LogP contribution in [0, 0.1) is 12.3 Å². The normalized spacial score (nSPS) is 11.2. The number of hydrogen-bond donors (Lipinski definition) is 3. The molecule has 0 fully saturated rings. The molecule has 2 aromatic carbocycles. The molecule has 132 valence electrons. The number of nitrogens with one attached hydrogen (secondary N) is 3. The molecule has 0 atom stereocenters. The highest BCUT2D eigenvalue weighted by molar-refractivity contribution is 7.89. The fourth-order valence-corrected chi connectivity index (χ4v) is 3.17. The number of carbonyl (C=O) groups is 1.